The number of hydrogen-bond acceptors (Lipinski definition) is 4. The topological polar surface area (TPSA) is 95.7 Å². The van der Waals surface area contributed by atoms with Crippen molar-refractivity contribution in [3.63, 3.8) is 0 Å². The van der Waals surface area contributed by atoms with Crippen LogP contribution in [0.5, 0.6) is 0 Å². The molecule has 0 radical (unpaired) electrons. The van der Waals surface area contributed by atoms with Crippen LogP contribution in [0.25, 0.3) is 5.65 Å². The van der Waals surface area contributed by atoms with E-state index in [0.29, 0.717) is 22.8 Å². The van der Waals surface area contributed by atoms with Crippen LogP contribution in [-0.2, 0) is 11.2 Å². The molecule has 0 bridgehead atoms. The molecular weight excluding hydrogens is 423 g/mol. The maximum atomic E-state index is 13.3. The number of aryl methyl sites for hydroxylation is 1. The largest absolute Gasteiger partial charge is 0.481 e. The molecular formula is C25H29FN4O3. The number of anilines is 1. The van der Waals surface area contributed by atoms with Crippen LogP contribution in [-0.4, -0.2) is 32.4 Å². The number of pyridine rings is 1. The number of fused-ring (bicyclic) bond motifs is 1. The van der Waals surface area contributed by atoms with Crippen LogP contribution in [0.15, 0.2) is 42.6 Å². The quantitative estimate of drug-likeness (QED) is 0.459. The van der Waals surface area contributed by atoms with E-state index in [4.69, 9.17) is 4.98 Å². The van der Waals surface area contributed by atoms with Gasteiger partial charge >= 0.3 is 5.97 Å². The molecule has 4 rings (SSSR count). The van der Waals surface area contributed by atoms with Gasteiger partial charge < -0.3 is 15.7 Å². The van der Waals surface area contributed by atoms with Crippen molar-refractivity contribution in [2.75, 3.05) is 5.32 Å². The minimum absolute atomic E-state index is 0.316. The summed E-state index contributed by atoms with van der Waals surface area (Å²) in [5.74, 6) is -0.995. The van der Waals surface area contributed by atoms with Crippen LogP contribution < -0.4 is 10.6 Å². The lowest BCUT2D eigenvalue weighted by molar-refractivity contribution is -0.137. The number of nitrogens with one attached hydrogen (secondary N) is 2. The second-order valence-corrected chi connectivity index (χ2v) is 8.53. The Labute approximate surface area is 192 Å². The molecule has 0 saturated heterocycles. The zero-order chi connectivity index (χ0) is 23.4. The van der Waals surface area contributed by atoms with Crippen molar-refractivity contribution in [1.29, 1.82) is 0 Å². The fourth-order valence-electron chi connectivity index (χ4n) is 4.49. The summed E-state index contributed by atoms with van der Waals surface area (Å²) in [6.07, 6.45) is 8.20. The predicted octanol–water partition coefficient (Wildman–Crippen LogP) is 4.73. The highest BCUT2D eigenvalue weighted by atomic mass is 19.1. The van der Waals surface area contributed by atoms with Gasteiger partial charge in [-0.1, -0.05) is 38.3 Å². The van der Waals surface area contributed by atoms with E-state index in [0.717, 1.165) is 30.8 Å². The van der Waals surface area contributed by atoms with Crippen molar-refractivity contribution in [3.05, 3.63) is 65.2 Å². The Hall–Kier alpha value is -3.42. The van der Waals surface area contributed by atoms with Crippen LogP contribution in [0.3, 0.4) is 0 Å². The van der Waals surface area contributed by atoms with Gasteiger partial charge in [-0.05, 0) is 49.1 Å². The second-order valence-electron chi connectivity index (χ2n) is 8.53. The van der Waals surface area contributed by atoms with Crippen molar-refractivity contribution < 1.29 is 19.1 Å². The first-order valence-corrected chi connectivity index (χ1v) is 11.5. The SMILES string of the molecule is CCc1nc2c(C(=O)NC(CC(=O)O)c3ccc(F)cc3)cccn2c1NC1CCCCC1. The van der Waals surface area contributed by atoms with E-state index in [-0.39, 0.29) is 6.42 Å². The summed E-state index contributed by atoms with van der Waals surface area (Å²) in [6, 6.07) is 8.55. The summed E-state index contributed by atoms with van der Waals surface area (Å²) in [4.78, 5) is 29.4. The average molecular weight is 453 g/mol. The van der Waals surface area contributed by atoms with Gasteiger partial charge in [0.1, 0.15) is 11.6 Å². The fraction of sp³-hybridized carbons (Fsp3) is 0.400. The van der Waals surface area contributed by atoms with Gasteiger partial charge in [-0.15, -0.1) is 0 Å². The Morgan fingerprint density at radius 3 is 2.58 bits per heavy atom. The van der Waals surface area contributed by atoms with Crippen molar-refractivity contribution in [2.45, 2.75) is 64.0 Å². The molecule has 33 heavy (non-hydrogen) atoms. The first-order valence-electron chi connectivity index (χ1n) is 11.5. The number of nitrogens with zero attached hydrogens (tertiary/aromatic N) is 2. The van der Waals surface area contributed by atoms with Gasteiger partial charge in [-0.2, -0.15) is 0 Å². The third-order valence-corrected chi connectivity index (χ3v) is 6.20. The normalized spacial score (nSPS) is 15.3. The molecule has 2 heterocycles. The number of carboxylic acid groups (broad SMARTS) is 1. The number of imidazole rings is 1. The highest BCUT2D eigenvalue weighted by molar-refractivity contribution is 6.00. The highest BCUT2D eigenvalue weighted by Gasteiger charge is 2.23. The van der Waals surface area contributed by atoms with Crippen molar-refractivity contribution >= 4 is 23.3 Å². The lowest BCUT2D eigenvalue weighted by Crippen LogP contribution is -2.30. The molecule has 1 unspecified atom stereocenters. The van der Waals surface area contributed by atoms with Crippen LogP contribution in [0, 0.1) is 5.82 Å². The molecule has 174 valence electrons. The van der Waals surface area contributed by atoms with E-state index in [2.05, 4.69) is 10.6 Å². The van der Waals surface area contributed by atoms with E-state index in [1.165, 1.54) is 43.5 Å². The van der Waals surface area contributed by atoms with Crippen molar-refractivity contribution in [1.82, 2.24) is 14.7 Å². The second kappa shape index (κ2) is 10.0. The molecule has 3 N–H and O–H groups in total. The van der Waals surface area contributed by atoms with Crippen molar-refractivity contribution in [3.8, 4) is 0 Å². The number of hydrogen-bond donors (Lipinski definition) is 3. The van der Waals surface area contributed by atoms with Crippen LogP contribution in [0.1, 0.15) is 73.1 Å². The zero-order valence-electron chi connectivity index (χ0n) is 18.7. The Morgan fingerprint density at radius 1 is 1.18 bits per heavy atom. The number of amides is 1. The van der Waals surface area contributed by atoms with Gasteiger partial charge in [-0.3, -0.25) is 14.0 Å². The molecule has 1 saturated carbocycles. The minimum Gasteiger partial charge on any atom is -0.481 e. The molecule has 1 amide bonds. The van der Waals surface area contributed by atoms with Gasteiger partial charge in [0.05, 0.1) is 23.7 Å². The Kier molecular flexibility index (Phi) is 6.91. The van der Waals surface area contributed by atoms with Crippen LogP contribution in [0.2, 0.25) is 0 Å². The number of carboxylic acids is 1. The minimum atomic E-state index is -1.06. The van der Waals surface area contributed by atoms with Gasteiger partial charge in [0.2, 0.25) is 0 Å². The van der Waals surface area contributed by atoms with Gasteiger partial charge in [0.25, 0.3) is 5.91 Å². The Morgan fingerprint density at radius 2 is 1.91 bits per heavy atom. The van der Waals surface area contributed by atoms with Crippen LogP contribution in [0.4, 0.5) is 10.2 Å². The zero-order valence-corrected chi connectivity index (χ0v) is 18.7. The van der Waals surface area contributed by atoms with Gasteiger partial charge in [0, 0.05) is 12.2 Å². The summed E-state index contributed by atoms with van der Waals surface area (Å²) in [7, 11) is 0. The molecule has 1 fully saturated rings. The fourth-order valence-corrected chi connectivity index (χ4v) is 4.49. The predicted molar refractivity (Wildman–Crippen MR) is 124 cm³/mol. The number of rotatable bonds is 8. The molecule has 1 atom stereocenters. The molecule has 2 aromatic heterocycles. The number of benzene rings is 1. The summed E-state index contributed by atoms with van der Waals surface area (Å²) < 4.78 is 15.2. The highest BCUT2D eigenvalue weighted by Crippen LogP contribution is 2.27. The number of carbonyl (C=O) groups excluding carboxylic acids is 1. The molecule has 3 aromatic rings. The van der Waals surface area contributed by atoms with E-state index >= 15 is 0 Å². The molecule has 1 aromatic carbocycles. The first kappa shape index (κ1) is 22.8. The molecule has 8 heteroatoms. The lowest BCUT2D eigenvalue weighted by Gasteiger charge is -2.24. The number of carbonyl (C=O) groups is 2. The average Bonchev–Trinajstić information content (AvgIpc) is 3.17. The maximum Gasteiger partial charge on any atom is 0.305 e. The van der Waals surface area contributed by atoms with E-state index < -0.39 is 23.7 Å². The van der Waals surface area contributed by atoms with E-state index in [1.54, 1.807) is 12.1 Å². The number of halogens is 1. The summed E-state index contributed by atoms with van der Waals surface area (Å²) >= 11 is 0. The lowest BCUT2D eigenvalue weighted by atomic mass is 9.95. The van der Waals surface area contributed by atoms with Gasteiger partial charge in [0.15, 0.2) is 5.65 Å². The summed E-state index contributed by atoms with van der Waals surface area (Å²) in [5.41, 5.74) is 2.30. The Bertz CT molecular complexity index is 1140. The molecule has 1 aliphatic carbocycles. The molecule has 1 aliphatic rings. The third-order valence-electron chi connectivity index (χ3n) is 6.20. The van der Waals surface area contributed by atoms with E-state index in [9.17, 15) is 19.1 Å². The van der Waals surface area contributed by atoms with Gasteiger partial charge in [-0.25, -0.2) is 9.37 Å². The van der Waals surface area contributed by atoms with Crippen molar-refractivity contribution in [2.24, 2.45) is 0 Å². The van der Waals surface area contributed by atoms with E-state index in [1.807, 2.05) is 17.5 Å². The number of aliphatic carboxylic acids is 1. The maximum absolute atomic E-state index is 13.3. The smallest absolute Gasteiger partial charge is 0.305 e. The molecule has 0 spiro atoms. The standard InChI is InChI=1S/C25H29FN4O3/c1-2-20-24(27-18-7-4-3-5-8-18)30-14-6-9-19(23(30)28-20)25(33)29-21(15-22(31)32)16-10-12-17(26)13-11-16/h6,9-14,18,21,27H,2-5,7-8,15H2,1H3,(H,29,33)(H,31,32). The summed E-state index contributed by atoms with van der Waals surface area (Å²) in [5, 5.41) is 15.8. The monoisotopic (exact) mass is 452 g/mol. The number of aromatic nitrogens is 2. The molecule has 0 aliphatic heterocycles. The Balaban J connectivity index is 1.64. The third kappa shape index (κ3) is 5.16. The molecule has 7 nitrogen and oxygen atoms in total. The van der Waals surface area contributed by atoms with Crippen LogP contribution >= 0.6 is 0 Å². The summed E-state index contributed by atoms with van der Waals surface area (Å²) in [6.45, 7) is 2.03. The first-order chi connectivity index (χ1) is 16.0.